The van der Waals surface area contributed by atoms with Crippen LogP contribution in [-0.2, 0) is 0 Å². The van der Waals surface area contributed by atoms with Crippen LogP contribution in [-0.4, -0.2) is 25.0 Å². The van der Waals surface area contributed by atoms with Gasteiger partial charge >= 0.3 is 0 Å². The van der Waals surface area contributed by atoms with E-state index in [0.717, 1.165) is 11.3 Å². The zero-order chi connectivity index (χ0) is 12.8. The van der Waals surface area contributed by atoms with E-state index in [-0.39, 0.29) is 0 Å². The van der Waals surface area contributed by atoms with Crippen LogP contribution in [0.5, 0.6) is 0 Å². The zero-order valence-electron chi connectivity index (χ0n) is 12.7. The molecule has 1 heterocycles. The number of likely N-dealkylation sites (tertiary alicyclic amines) is 1. The van der Waals surface area contributed by atoms with E-state index in [9.17, 15) is 0 Å². The van der Waals surface area contributed by atoms with Gasteiger partial charge in [-0.1, -0.05) is 45.4 Å². The fraction of sp³-hybridized carbons (Fsp3) is 1.00. The highest BCUT2D eigenvalue weighted by Crippen LogP contribution is 2.48. The molecule has 106 valence electrons. The SMILES string of the molecule is CCCCCC1(C2CCCCC2)CCN(C)CC1. The van der Waals surface area contributed by atoms with E-state index >= 15 is 0 Å². The fourth-order valence-electron chi connectivity index (χ4n) is 4.37. The van der Waals surface area contributed by atoms with Gasteiger partial charge in [-0.15, -0.1) is 0 Å². The summed E-state index contributed by atoms with van der Waals surface area (Å²) in [6, 6.07) is 0. The Morgan fingerprint density at radius 1 is 1.00 bits per heavy atom. The Kier molecular flexibility index (Phi) is 5.54. The minimum Gasteiger partial charge on any atom is -0.306 e. The topological polar surface area (TPSA) is 3.24 Å². The van der Waals surface area contributed by atoms with Crippen molar-refractivity contribution in [3.63, 3.8) is 0 Å². The largest absolute Gasteiger partial charge is 0.306 e. The Balaban J connectivity index is 1.96. The molecule has 1 saturated heterocycles. The average molecular weight is 251 g/mol. The van der Waals surface area contributed by atoms with E-state index in [4.69, 9.17) is 0 Å². The summed E-state index contributed by atoms with van der Waals surface area (Å²) in [6.07, 6.45) is 16.4. The van der Waals surface area contributed by atoms with Crippen LogP contribution in [0, 0.1) is 11.3 Å². The van der Waals surface area contributed by atoms with Crippen molar-refractivity contribution >= 4 is 0 Å². The number of hydrogen-bond acceptors (Lipinski definition) is 1. The van der Waals surface area contributed by atoms with Crippen LogP contribution in [0.15, 0.2) is 0 Å². The minimum atomic E-state index is 0.738. The van der Waals surface area contributed by atoms with Gasteiger partial charge in [0, 0.05) is 0 Å². The van der Waals surface area contributed by atoms with Crippen molar-refractivity contribution in [1.82, 2.24) is 4.90 Å². The molecule has 0 aromatic carbocycles. The summed E-state index contributed by atoms with van der Waals surface area (Å²) in [5, 5.41) is 0. The van der Waals surface area contributed by atoms with Crippen LogP contribution < -0.4 is 0 Å². The van der Waals surface area contributed by atoms with E-state index in [1.165, 1.54) is 83.7 Å². The fourth-order valence-corrected chi connectivity index (χ4v) is 4.37. The summed E-state index contributed by atoms with van der Waals surface area (Å²) >= 11 is 0. The van der Waals surface area contributed by atoms with Gasteiger partial charge in [-0.3, -0.25) is 0 Å². The number of unbranched alkanes of at least 4 members (excludes halogenated alkanes) is 2. The van der Waals surface area contributed by atoms with Gasteiger partial charge in [-0.05, 0) is 63.6 Å². The quantitative estimate of drug-likeness (QED) is 0.631. The van der Waals surface area contributed by atoms with Crippen molar-refractivity contribution in [1.29, 1.82) is 0 Å². The Morgan fingerprint density at radius 2 is 1.67 bits per heavy atom. The smallest absolute Gasteiger partial charge is 0.00164 e. The normalized spacial score (nSPS) is 26.3. The molecule has 0 atom stereocenters. The summed E-state index contributed by atoms with van der Waals surface area (Å²) in [5.41, 5.74) is 0.738. The molecule has 1 saturated carbocycles. The van der Waals surface area contributed by atoms with Crippen LogP contribution in [0.2, 0.25) is 0 Å². The van der Waals surface area contributed by atoms with Gasteiger partial charge in [0.15, 0.2) is 0 Å². The van der Waals surface area contributed by atoms with Gasteiger partial charge < -0.3 is 4.90 Å². The second-order valence-electron chi connectivity index (χ2n) is 6.96. The Labute approximate surface area is 114 Å². The molecule has 1 aliphatic carbocycles. The van der Waals surface area contributed by atoms with Crippen molar-refractivity contribution in [3.05, 3.63) is 0 Å². The molecule has 0 spiro atoms. The number of hydrogen-bond donors (Lipinski definition) is 0. The van der Waals surface area contributed by atoms with E-state index in [0.29, 0.717) is 0 Å². The monoisotopic (exact) mass is 251 g/mol. The second kappa shape index (κ2) is 6.93. The second-order valence-corrected chi connectivity index (χ2v) is 6.96. The third-order valence-corrected chi connectivity index (χ3v) is 5.73. The lowest BCUT2D eigenvalue weighted by atomic mass is 9.61. The number of piperidine rings is 1. The predicted molar refractivity (Wildman–Crippen MR) is 79.9 cm³/mol. The molecule has 0 aromatic rings. The third-order valence-electron chi connectivity index (χ3n) is 5.73. The first kappa shape index (κ1) is 14.4. The molecule has 2 fully saturated rings. The van der Waals surface area contributed by atoms with Gasteiger partial charge in [0.1, 0.15) is 0 Å². The van der Waals surface area contributed by atoms with Crippen LogP contribution in [0.25, 0.3) is 0 Å². The van der Waals surface area contributed by atoms with E-state index in [1.54, 1.807) is 0 Å². The molecule has 1 heteroatoms. The molecule has 0 unspecified atom stereocenters. The van der Waals surface area contributed by atoms with Gasteiger partial charge in [0.25, 0.3) is 0 Å². The van der Waals surface area contributed by atoms with Crippen molar-refractivity contribution < 1.29 is 0 Å². The molecule has 2 aliphatic rings. The molecular weight excluding hydrogens is 218 g/mol. The first-order valence-electron chi connectivity index (χ1n) is 8.45. The van der Waals surface area contributed by atoms with E-state index in [2.05, 4.69) is 18.9 Å². The van der Waals surface area contributed by atoms with Gasteiger partial charge in [-0.25, -0.2) is 0 Å². The maximum absolute atomic E-state index is 2.54. The Bertz CT molecular complexity index is 222. The van der Waals surface area contributed by atoms with Gasteiger partial charge in [-0.2, -0.15) is 0 Å². The molecule has 1 nitrogen and oxygen atoms in total. The van der Waals surface area contributed by atoms with Crippen molar-refractivity contribution in [2.45, 2.75) is 77.6 Å². The Hall–Kier alpha value is -0.0400. The van der Waals surface area contributed by atoms with Crippen LogP contribution in [0.4, 0.5) is 0 Å². The first-order chi connectivity index (χ1) is 8.77. The predicted octanol–water partition coefficient (Wildman–Crippen LogP) is 4.86. The lowest BCUT2D eigenvalue weighted by Crippen LogP contribution is -2.43. The molecule has 0 bridgehead atoms. The highest BCUT2D eigenvalue weighted by molar-refractivity contribution is 4.92. The third kappa shape index (κ3) is 3.50. The number of rotatable bonds is 5. The standard InChI is InChI=1S/C17H33N/c1-3-4-8-11-17(12-14-18(2)15-13-17)16-9-6-5-7-10-16/h16H,3-15H2,1-2H3. The summed E-state index contributed by atoms with van der Waals surface area (Å²) in [6.45, 7) is 5.03. The van der Waals surface area contributed by atoms with Crippen LogP contribution in [0.3, 0.4) is 0 Å². The Morgan fingerprint density at radius 3 is 2.28 bits per heavy atom. The molecule has 1 aliphatic heterocycles. The molecular formula is C17H33N. The van der Waals surface area contributed by atoms with Crippen LogP contribution >= 0.6 is 0 Å². The van der Waals surface area contributed by atoms with Crippen molar-refractivity contribution in [2.75, 3.05) is 20.1 Å². The van der Waals surface area contributed by atoms with Crippen molar-refractivity contribution in [2.24, 2.45) is 11.3 Å². The summed E-state index contributed by atoms with van der Waals surface area (Å²) in [7, 11) is 2.30. The molecule has 0 N–H and O–H groups in total. The lowest BCUT2D eigenvalue weighted by molar-refractivity contribution is 0.0275. The highest BCUT2D eigenvalue weighted by Gasteiger charge is 2.40. The van der Waals surface area contributed by atoms with Gasteiger partial charge in [0.2, 0.25) is 0 Å². The van der Waals surface area contributed by atoms with Crippen molar-refractivity contribution in [3.8, 4) is 0 Å². The summed E-state index contributed by atoms with van der Waals surface area (Å²) < 4.78 is 0. The molecule has 0 radical (unpaired) electrons. The van der Waals surface area contributed by atoms with E-state index in [1.807, 2.05) is 0 Å². The zero-order valence-corrected chi connectivity index (χ0v) is 12.7. The average Bonchev–Trinajstić information content (AvgIpc) is 2.43. The molecule has 0 aromatic heterocycles. The summed E-state index contributed by atoms with van der Waals surface area (Å²) in [5.74, 6) is 1.07. The van der Waals surface area contributed by atoms with Crippen LogP contribution in [0.1, 0.15) is 77.6 Å². The number of nitrogens with zero attached hydrogens (tertiary/aromatic N) is 1. The first-order valence-corrected chi connectivity index (χ1v) is 8.45. The summed E-state index contributed by atoms with van der Waals surface area (Å²) in [4.78, 5) is 2.54. The van der Waals surface area contributed by atoms with Gasteiger partial charge in [0.05, 0.1) is 0 Å². The lowest BCUT2D eigenvalue weighted by Gasteiger charge is -2.48. The maximum atomic E-state index is 2.54. The maximum Gasteiger partial charge on any atom is -0.00164 e. The molecule has 18 heavy (non-hydrogen) atoms. The van der Waals surface area contributed by atoms with E-state index < -0.39 is 0 Å². The highest BCUT2D eigenvalue weighted by atomic mass is 15.1. The minimum absolute atomic E-state index is 0.738. The molecule has 2 rings (SSSR count). The molecule has 0 amide bonds.